The fourth-order valence-electron chi connectivity index (χ4n) is 3.96. The highest BCUT2D eigenvalue weighted by atomic mass is 15.2. The summed E-state index contributed by atoms with van der Waals surface area (Å²) in [5.41, 5.74) is 3.16. The van der Waals surface area contributed by atoms with Crippen molar-refractivity contribution in [1.82, 2.24) is 5.43 Å². The number of hydrogen-bond acceptors (Lipinski definition) is 2. The van der Waals surface area contributed by atoms with E-state index in [0.717, 1.165) is 17.8 Å². The van der Waals surface area contributed by atoms with E-state index in [-0.39, 0.29) is 0 Å². The van der Waals surface area contributed by atoms with Gasteiger partial charge in [-0.3, -0.25) is 11.3 Å². The van der Waals surface area contributed by atoms with Gasteiger partial charge in [0.05, 0.1) is 0 Å². The summed E-state index contributed by atoms with van der Waals surface area (Å²) in [6.07, 6.45) is 12.7. The quantitative estimate of drug-likeness (QED) is 0.568. The molecular formula is C14H28N2. The summed E-state index contributed by atoms with van der Waals surface area (Å²) in [5, 5.41) is 0. The molecule has 0 aromatic carbocycles. The van der Waals surface area contributed by atoms with Crippen molar-refractivity contribution in [2.75, 3.05) is 0 Å². The SMILES string of the molecule is CCC1CCC(C(NN)C2CCCCC2)C1. The van der Waals surface area contributed by atoms with E-state index in [1.807, 2.05) is 0 Å². The van der Waals surface area contributed by atoms with Crippen LogP contribution in [-0.4, -0.2) is 6.04 Å². The molecule has 0 bridgehead atoms. The third-order valence-electron chi connectivity index (χ3n) is 5.02. The van der Waals surface area contributed by atoms with Crippen LogP contribution in [0.3, 0.4) is 0 Å². The molecule has 0 aromatic heterocycles. The van der Waals surface area contributed by atoms with Crippen LogP contribution in [0.1, 0.15) is 64.7 Å². The van der Waals surface area contributed by atoms with Crippen molar-refractivity contribution in [3.8, 4) is 0 Å². The van der Waals surface area contributed by atoms with Crippen LogP contribution in [0.25, 0.3) is 0 Å². The monoisotopic (exact) mass is 224 g/mol. The maximum absolute atomic E-state index is 5.82. The lowest BCUT2D eigenvalue weighted by atomic mass is 9.78. The van der Waals surface area contributed by atoms with Crippen LogP contribution in [0.2, 0.25) is 0 Å². The van der Waals surface area contributed by atoms with Crippen molar-refractivity contribution >= 4 is 0 Å². The number of nitrogens with two attached hydrogens (primary N) is 1. The van der Waals surface area contributed by atoms with Gasteiger partial charge in [0.2, 0.25) is 0 Å². The van der Waals surface area contributed by atoms with Crippen molar-refractivity contribution in [3.05, 3.63) is 0 Å². The maximum Gasteiger partial charge on any atom is 0.0267 e. The van der Waals surface area contributed by atoms with Crippen LogP contribution < -0.4 is 11.3 Å². The molecule has 2 aliphatic carbocycles. The number of hydrogen-bond donors (Lipinski definition) is 2. The number of rotatable bonds is 4. The molecule has 2 nitrogen and oxygen atoms in total. The molecule has 0 aromatic rings. The summed E-state index contributed by atoms with van der Waals surface area (Å²) in [7, 11) is 0. The largest absolute Gasteiger partial charge is 0.271 e. The molecule has 3 unspecified atom stereocenters. The van der Waals surface area contributed by atoms with Gasteiger partial charge >= 0.3 is 0 Å². The Morgan fingerprint density at radius 1 is 1.06 bits per heavy atom. The topological polar surface area (TPSA) is 38.0 Å². The second-order valence-corrected chi connectivity index (χ2v) is 5.94. The third-order valence-corrected chi connectivity index (χ3v) is 5.02. The highest BCUT2D eigenvalue weighted by Crippen LogP contribution is 2.39. The predicted molar refractivity (Wildman–Crippen MR) is 68.8 cm³/mol. The fraction of sp³-hybridized carbons (Fsp3) is 1.00. The minimum absolute atomic E-state index is 0.608. The van der Waals surface area contributed by atoms with Gasteiger partial charge in [-0.05, 0) is 43.4 Å². The van der Waals surface area contributed by atoms with Crippen LogP contribution in [-0.2, 0) is 0 Å². The molecule has 2 aliphatic rings. The van der Waals surface area contributed by atoms with Crippen LogP contribution >= 0.6 is 0 Å². The second-order valence-electron chi connectivity index (χ2n) is 5.94. The van der Waals surface area contributed by atoms with E-state index < -0.39 is 0 Å². The summed E-state index contributed by atoms with van der Waals surface area (Å²) in [5.74, 6) is 8.52. The predicted octanol–water partition coefficient (Wildman–Crippen LogP) is 3.22. The van der Waals surface area contributed by atoms with Crippen LogP contribution in [0.5, 0.6) is 0 Å². The Labute approximate surface area is 100 Å². The average molecular weight is 224 g/mol. The Bertz CT molecular complexity index is 199. The summed E-state index contributed by atoms with van der Waals surface area (Å²) >= 11 is 0. The van der Waals surface area contributed by atoms with Gasteiger partial charge in [0.1, 0.15) is 0 Å². The molecule has 0 spiro atoms. The van der Waals surface area contributed by atoms with Crippen LogP contribution in [0.15, 0.2) is 0 Å². The van der Waals surface area contributed by atoms with Crippen molar-refractivity contribution < 1.29 is 0 Å². The zero-order valence-electron chi connectivity index (χ0n) is 10.8. The molecule has 0 radical (unpaired) electrons. The molecule has 2 heteroatoms. The van der Waals surface area contributed by atoms with Gasteiger partial charge in [0.25, 0.3) is 0 Å². The second kappa shape index (κ2) is 6.02. The average Bonchev–Trinajstić information content (AvgIpc) is 2.80. The van der Waals surface area contributed by atoms with Crippen molar-refractivity contribution in [2.24, 2.45) is 23.6 Å². The van der Waals surface area contributed by atoms with Crippen molar-refractivity contribution in [1.29, 1.82) is 0 Å². The Balaban J connectivity index is 1.88. The van der Waals surface area contributed by atoms with Crippen molar-refractivity contribution in [3.63, 3.8) is 0 Å². The molecule has 2 fully saturated rings. The first kappa shape index (κ1) is 12.4. The molecule has 3 N–H and O–H groups in total. The van der Waals surface area contributed by atoms with E-state index in [1.165, 1.54) is 57.8 Å². The first-order valence-electron chi connectivity index (χ1n) is 7.31. The number of nitrogens with one attached hydrogen (secondary N) is 1. The normalized spacial score (nSPS) is 34.1. The van der Waals surface area contributed by atoms with Crippen LogP contribution in [0.4, 0.5) is 0 Å². The lowest BCUT2D eigenvalue weighted by Gasteiger charge is -2.34. The molecule has 2 rings (SSSR count). The molecule has 3 atom stereocenters. The molecule has 2 saturated carbocycles. The van der Waals surface area contributed by atoms with E-state index in [2.05, 4.69) is 12.3 Å². The Kier molecular flexibility index (Phi) is 4.66. The third kappa shape index (κ3) is 2.78. The Morgan fingerprint density at radius 3 is 2.38 bits per heavy atom. The lowest BCUT2D eigenvalue weighted by Crippen LogP contribution is -2.46. The minimum atomic E-state index is 0.608. The molecule has 16 heavy (non-hydrogen) atoms. The zero-order valence-corrected chi connectivity index (χ0v) is 10.8. The summed E-state index contributed by atoms with van der Waals surface area (Å²) in [6, 6.07) is 0.608. The molecule has 0 heterocycles. The molecule has 0 amide bonds. The zero-order chi connectivity index (χ0) is 11.4. The molecule has 94 valence electrons. The summed E-state index contributed by atoms with van der Waals surface area (Å²) in [4.78, 5) is 0. The molecular weight excluding hydrogens is 196 g/mol. The Morgan fingerprint density at radius 2 is 1.81 bits per heavy atom. The fourth-order valence-corrected chi connectivity index (χ4v) is 3.96. The van der Waals surface area contributed by atoms with Crippen LogP contribution in [0, 0.1) is 17.8 Å². The van der Waals surface area contributed by atoms with Gasteiger partial charge in [0.15, 0.2) is 0 Å². The number of hydrazine groups is 1. The molecule has 0 saturated heterocycles. The first-order chi connectivity index (χ1) is 7.85. The van der Waals surface area contributed by atoms with E-state index in [1.54, 1.807) is 0 Å². The van der Waals surface area contributed by atoms with Gasteiger partial charge in [-0.15, -0.1) is 0 Å². The van der Waals surface area contributed by atoms with Gasteiger partial charge in [-0.25, -0.2) is 0 Å². The lowest BCUT2D eigenvalue weighted by molar-refractivity contribution is 0.205. The highest BCUT2D eigenvalue weighted by Gasteiger charge is 2.34. The minimum Gasteiger partial charge on any atom is -0.271 e. The van der Waals surface area contributed by atoms with Gasteiger partial charge < -0.3 is 0 Å². The maximum atomic E-state index is 5.82. The highest BCUT2D eigenvalue weighted by molar-refractivity contribution is 4.88. The van der Waals surface area contributed by atoms with Gasteiger partial charge in [-0.2, -0.15) is 0 Å². The molecule has 0 aliphatic heterocycles. The van der Waals surface area contributed by atoms with E-state index in [0.29, 0.717) is 6.04 Å². The summed E-state index contributed by atoms with van der Waals surface area (Å²) < 4.78 is 0. The van der Waals surface area contributed by atoms with E-state index in [9.17, 15) is 0 Å². The summed E-state index contributed by atoms with van der Waals surface area (Å²) in [6.45, 7) is 2.33. The van der Waals surface area contributed by atoms with Gasteiger partial charge in [-0.1, -0.05) is 39.0 Å². The Hall–Kier alpha value is -0.0800. The van der Waals surface area contributed by atoms with Crippen molar-refractivity contribution in [2.45, 2.75) is 70.8 Å². The van der Waals surface area contributed by atoms with Gasteiger partial charge in [0, 0.05) is 6.04 Å². The first-order valence-corrected chi connectivity index (χ1v) is 7.31. The van der Waals surface area contributed by atoms with E-state index in [4.69, 9.17) is 5.84 Å². The van der Waals surface area contributed by atoms with E-state index >= 15 is 0 Å². The smallest absolute Gasteiger partial charge is 0.0267 e. The standard InChI is InChI=1S/C14H28N2/c1-2-11-8-9-13(10-11)14(16-15)12-6-4-3-5-7-12/h11-14,16H,2-10,15H2,1H3.